The van der Waals surface area contributed by atoms with Crippen LogP contribution in [0.2, 0.25) is 0 Å². The Labute approximate surface area is 65.2 Å². The lowest BCUT2D eigenvalue weighted by Crippen LogP contribution is -2.41. The van der Waals surface area contributed by atoms with Gasteiger partial charge in [-0.2, -0.15) is 0 Å². The quantitative estimate of drug-likeness (QED) is 0.423. The lowest BCUT2D eigenvalue weighted by atomic mass is 10.1. The summed E-state index contributed by atoms with van der Waals surface area (Å²) in [6.07, 6.45) is 2.93. The Morgan fingerprint density at radius 2 is 1.80 bits per heavy atom. The van der Waals surface area contributed by atoms with Gasteiger partial charge < -0.3 is 10.2 Å². The lowest BCUT2D eigenvalue weighted by Gasteiger charge is -2.32. The highest BCUT2D eigenvalue weighted by molar-refractivity contribution is 7.96. The Balaban J connectivity index is 2.31. The fourth-order valence-corrected chi connectivity index (χ4v) is 1.57. The maximum atomic E-state index is 9.11. The van der Waals surface area contributed by atoms with Crippen molar-refractivity contribution >= 4 is 11.9 Å². The average Bonchev–Trinajstić information content (AvgIpc) is 1.88. The molecule has 2 N–H and O–H groups in total. The van der Waals surface area contributed by atoms with E-state index in [2.05, 4.69) is 4.31 Å². The molecule has 1 aliphatic heterocycles. The van der Waals surface area contributed by atoms with E-state index >= 15 is 0 Å². The smallest absolute Gasteiger partial charge is 0.164 e. The monoisotopic (exact) mass is 163 g/mol. The van der Waals surface area contributed by atoms with Crippen molar-refractivity contribution in [1.29, 1.82) is 0 Å². The van der Waals surface area contributed by atoms with Crippen LogP contribution in [-0.4, -0.2) is 39.7 Å². The Hall–Kier alpha value is 0.230. The first-order valence-electron chi connectivity index (χ1n) is 3.38. The SMILES string of the molecule is CSN1CCC(O)(O)CC1. The van der Waals surface area contributed by atoms with Crippen molar-refractivity contribution < 1.29 is 10.2 Å². The van der Waals surface area contributed by atoms with Gasteiger partial charge in [-0.1, -0.05) is 11.9 Å². The molecule has 0 unspecified atom stereocenters. The molecule has 1 heterocycles. The number of piperidine rings is 1. The first-order valence-corrected chi connectivity index (χ1v) is 4.56. The molecule has 0 atom stereocenters. The van der Waals surface area contributed by atoms with Crippen LogP contribution in [0.1, 0.15) is 12.8 Å². The summed E-state index contributed by atoms with van der Waals surface area (Å²) in [5, 5.41) is 18.2. The molecule has 3 nitrogen and oxygen atoms in total. The summed E-state index contributed by atoms with van der Waals surface area (Å²) in [6.45, 7) is 1.54. The minimum absolute atomic E-state index is 0.466. The number of hydrogen-bond acceptors (Lipinski definition) is 4. The van der Waals surface area contributed by atoms with Crippen LogP contribution in [0.25, 0.3) is 0 Å². The van der Waals surface area contributed by atoms with Crippen LogP contribution in [0.5, 0.6) is 0 Å². The molecule has 10 heavy (non-hydrogen) atoms. The predicted molar refractivity (Wildman–Crippen MR) is 41.5 cm³/mol. The number of rotatable bonds is 1. The van der Waals surface area contributed by atoms with Gasteiger partial charge in [0, 0.05) is 25.9 Å². The van der Waals surface area contributed by atoms with Crippen molar-refractivity contribution in [3.05, 3.63) is 0 Å². The molecule has 1 aliphatic rings. The molecule has 0 aromatic heterocycles. The number of nitrogens with zero attached hydrogens (tertiary/aromatic N) is 1. The predicted octanol–water partition coefficient (Wildman–Crippen LogP) is 0.0411. The summed E-state index contributed by atoms with van der Waals surface area (Å²) in [5.74, 6) is -1.40. The molecule has 1 saturated heterocycles. The highest BCUT2D eigenvalue weighted by atomic mass is 32.2. The van der Waals surface area contributed by atoms with E-state index in [1.165, 1.54) is 0 Å². The van der Waals surface area contributed by atoms with Crippen LogP contribution >= 0.6 is 11.9 Å². The minimum Gasteiger partial charge on any atom is -0.366 e. The van der Waals surface area contributed by atoms with E-state index in [0.29, 0.717) is 12.8 Å². The van der Waals surface area contributed by atoms with Gasteiger partial charge in [0.15, 0.2) is 5.79 Å². The number of hydrogen-bond donors (Lipinski definition) is 2. The third-order valence-electron chi connectivity index (χ3n) is 1.78. The highest BCUT2D eigenvalue weighted by Crippen LogP contribution is 2.22. The van der Waals surface area contributed by atoms with Gasteiger partial charge in [0.05, 0.1) is 0 Å². The van der Waals surface area contributed by atoms with Crippen LogP contribution in [0, 0.1) is 0 Å². The molecule has 0 aliphatic carbocycles. The van der Waals surface area contributed by atoms with Gasteiger partial charge >= 0.3 is 0 Å². The molecule has 1 rings (SSSR count). The zero-order valence-corrected chi connectivity index (χ0v) is 6.89. The van der Waals surface area contributed by atoms with Crippen LogP contribution in [-0.2, 0) is 0 Å². The second-order valence-corrected chi connectivity index (χ2v) is 3.48. The third kappa shape index (κ3) is 2.12. The molecule has 0 aromatic rings. The fourth-order valence-electron chi connectivity index (χ4n) is 1.03. The fraction of sp³-hybridized carbons (Fsp3) is 1.00. The van der Waals surface area contributed by atoms with Crippen LogP contribution < -0.4 is 0 Å². The lowest BCUT2D eigenvalue weighted by molar-refractivity contribution is -0.182. The molecule has 60 valence electrons. The van der Waals surface area contributed by atoms with Gasteiger partial charge in [-0.15, -0.1) is 0 Å². The molecule has 0 spiro atoms. The molecule has 0 amide bonds. The Bertz CT molecular complexity index is 108. The summed E-state index contributed by atoms with van der Waals surface area (Å²) in [7, 11) is 0. The summed E-state index contributed by atoms with van der Waals surface area (Å²) in [4.78, 5) is 0. The van der Waals surface area contributed by atoms with Crippen LogP contribution in [0.15, 0.2) is 0 Å². The molecule has 4 heteroatoms. The van der Waals surface area contributed by atoms with Crippen molar-refractivity contribution in [2.45, 2.75) is 18.6 Å². The van der Waals surface area contributed by atoms with Gasteiger partial charge in [-0.05, 0) is 6.26 Å². The Kier molecular flexibility index (Phi) is 2.57. The molecular formula is C6H13NO2S. The second kappa shape index (κ2) is 3.09. The Morgan fingerprint density at radius 3 is 2.20 bits per heavy atom. The van der Waals surface area contributed by atoms with Gasteiger partial charge in [0.1, 0.15) is 0 Å². The first kappa shape index (κ1) is 8.33. The standard InChI is InChI=1S/C6H13NO2S/c1-10-7-4-2-6(8,9)3-5-7/h8-9H,2-5H2,1H3. The summed E-state index contributed by atoms with van der Waals surface area (Å²) in [6, 6.07) is 0. The van der Waals surface area contributed by atoms with E-state index in [4.69, 9.17) is 10.2 Å². The van der Waals surface area contributed by atoms with Gasteiger partial charge in [-0.3, -0.25) is 4.31 Å². The van der Waals surface area contributed by atoms with Crippen molar-refractivity contribution in [3.8, 4) is 0 Å². The van der Waals surface area contributed by atoms with Gasteiger partial charge in [0.2, 0.25) is 0 Å². The third-order valence-corrected chi connectivity index (χ3v) is 2.66. The summed E-state index contributed by atoms with van der Waals surface area (Å²) >= 11 is 1.66. The first-order chi connectivity index (χ1) is 4.64. The highest BCUT2D eigenvalue weighted by Gasteiger charge is 2.28. The Morgan fingerprint density at radius 1 is 1.30 bits per heavy atom. The van der Waals surface area contributed by atoms with E-state index in [0.717, 1.165) is 13.1 Å². The van der Waals surface area contributed by atoms with E-state index in [1.54, 1.807) is 11.9 Å². The molecule has 1 fully saturated rings. The minimum atomic E-state index is -1.40. The van der Waals surface area contributed by atoms with E-state index in [1.807, 2.05) is 6.26 Å². The summed E-state index contributed by atoms with van der Waals surface area (Å²) < 4.78 is 2.13. The summed E-state index contributed by atoms with van der Waals surface area (Å²) in [5.41, 5.74) is 0. The van der Waals surface area contributed by atoms with Gasteiger partial charge in [0.25, 0.3) is 0 Å². The van der Waals surface area contributed by atoms with Gasteiger partial charge in [-0.25, -0.2) is 0 Å². The van der Waals surface area contributed by atoms with Crippen LogP contribution in [0.4, 0.5) is 0 Å². The maximum Gasteiger partial charge on any atom is 0.164 e. The van der Waals surface area contributed by atoms with E-state index < -0.39 is 5.79 Å². The van der Waals surface area contributed by atoms with Crippen molar-refractivity contribution in [2.24, 2.45) is 0 Å². The van der Waals surface area contributed by atoms with Crippen molar-refractivity contribution in [1.82, 2.24) is 4.31 Å². The maximum absolute atomic E-state index is 9.11. The zero-order valence-electron chi connectivity index (χ0n) is 6.08. The van der Waals surface area contributed by atoms with E-state index in [9.17, 15) is 0 Å². The normalized spacial score (nSPS) is 26.7. The topological polar surface area (TPSA) is 43.7 Å². The van der Waals surface area contributed by atoms with E-state index in [-0.39, 0.29) is 0 Å². The molecule has 0 saturated carbocycles. The number of aliphatic hydroxyl groups is 2. The zero-order chi connectivity index (χ0) is 7.61. The molecule has 0 aromatic carbocycles. The largest absolute Gasteiger partial charge is 0.366 e. The van der Waals surface area contributed by atoms with Crippen LogP contribution in [0.3, 0.4) is 0 Å². The molecule has 0 radical (unpaired) electrons. The molecular weight excluding hydrogens is 150 g/mol. The van der Waals surface area contributed by atoms with Crippen molar-refractivity contribution in [3.63, 3.8) is 0 Å². The molecule has 0 bridgehead atoms. The average molecular weight is 163 g/mol. The second-order valence-electron chi connectivity index (χ2n) is 2.59. The van der Waals surface area contributed by atoms with Crippen molar-refractivity contribution in [2.75, 3.05) is 19.3 Å².